The van der Waals surface area contributed by atoms with Crippen LogP contribution in [0.4, 0.5) is 0 Å². The number of hydrogen-bond acceptors (Lipinski definition) is 4. The van der Waals surface area contributed by atoms with Gasteiger partial charge in [-0.1, -0.05) is 0 Å². The molecule has 1 atom stereocenters. The number of benzene rings is 1. The summed E-state index contributed by atoms with van der Waals surface area (Å²) in [6, 6.07) is 5.41. The van der Waals surface area contributed by atoms with E-state index in [-0.39, 0.29) is 11.8 Å². The highest BCUT2D eigenvalue weighted by molar-refractivity contribution is 5.95. The molecular formula is C17H19N3O3. The Hall–Kier alpha value is -2.50. The first-order valence-electron chi connectivity index (χ1n) is 7.99. The fraction of sp³-hybridized carbons (Fsp3) is 0.412. The summed E-state index contributed by atoms with van der Waals surface area (Å²) in [6.45, 7) is 2.55. The minimum Gasteiger partial charge on any atom is -0.486 e. The van der Waals surface area contributed by atoms with Crippen molar-refractivity contribution in [2.24, 2.45) is 0 Å². The number of H-pyrrole nitrogens is 1. The lowest BCUT2D eigenvalue weighted by Crippen LogP contribution is -2.39. The van der Waals surface area contributed by atoms with Gasteiger partial charge in [0.25, 0.3) is 5.91 Å². The number of imidazole rings is 1. The molecule has 2 aliphatic heterocycles. The molecule has 0 bridgehead atoms. The van der Waals surface area contributed by atoms with E-state index in [0.29, 0.717) is 36.8 Å². The van der Waals surface area contributed by atoms with Crippen LogP contribution in [0.3, 0.4) is 0 Å². The first-order valence-corrected chi connectivity index (χ1v) is 7.99. The monoisotopic (exact) mass is 313 g/mol. The van der Waals surface area contributed by atoms with E-state index in [4.69, 9.17) is 9.47 Å². The van der Waals surface area contributed by atoms with Crippen molar-refractivity contribution in [1.29, 1.82) is 0 Å². The SMILES string of the molecule is O=C(c1ccc2c(c1)OCCO2)N1CCC[C@@H](c2ncc[nH]2)C1. The quantitative estimate of drug-likeness (QED) is 0.923. The number of piperidine rings is 1. The number of ether oxygens (including phenoxy) is 2. The molecule has 6 heteroatoms. The number of hydrogen-bond donors (Lipinski definition) is 1. The van der Waals surface area contributed by atoms with Gasteiger partial charge in [-0.25, -0.2) is 4.98 Å². The molecule has 0 aliphatic carbocycles. The third kappa shape index (κ3) is 2.76. The fourth-order valence-corrected chi connectivity index (χ4v) is 3.24. The Morgan fingerprint density at radius 2 is 2.13 bits per heavy atom. The number of rotatable bonds is 2. The van der Waals surface area contributed by atoms with Crippen LogP contribution in [0.5, 0.6) is 11.5 Å². The average Bonchev–Trinajstić information content (AvgIpc) is 3.15. The summed E-state index contributed by atoms with van der Waals surface area (Å²) < 4.78 is 11.1. The predicted molar refractivity (Wildman–Crippen MR) is 83.9 cm³/mol. The predicted octanol–water partition coefficient (Wildman–Crippen LogP) is 2.20. The summed E-state index contributed by atoms with van der Waals surface area (Å²) in [5, 5.41) is 0. The smallest absolute Gasteiger partial charge is 0.254 e. The molecule has 0 saturated carbocycles. The lowest BCUT2D eigenvalue weighted by atomic mass is 9.96. The summed E-state index contributed by atoms with van der Waals surface area (Å²) >= 11 is 0. The van der Waals surface area contributed by atoms with Crippen molar-refractivity contribution in [3.8, 4) is 11.5 Å². The Morgan fingerprint density at radius 1 is 1.26 bits per heavy atom. The molecule has 3 heterocycles. The topological polar surface area (TPSA) is 67.5 Å². The van der Waals surface area contributed by atoms with Gasteiger partial charge in [-0.15, -0.1) is 0 Å². The Morgan fingerprint density at radius 3 is 2.96 bits per heavy atom. The number of carbonyl (C=O) groups excluding carboxylic acids is 1. The van der Waals surface area contributed by atoms with Crippen LogP contribution in [0.15, 0.2) is 30.6 Å². The number of aromatic nitrogens is 2. The number of nitrogens with one attached hydrogen (secondary N) is 1. The van der Waals surface area contributed by atoms with E-state index in [1.807, 2.05) is 23.2 Å². The van der Waals surface area contributed by atoms with Crippen LogP contribution in [-0.2, 0) is 0 Å². The largest absolute Gasteiger partial charge is 0.486 e. The van der Waals surface area contributed by atoms with E-state index in [1.54, 1.807) is 12.3 Å². The van der Waals surface area contributed by atoms with Gasteiger partial charge in [-0.3, -0.25) is 4.79 Å². The molecule has 2 aliphatic rings. The fourth-order valence-electron chi connectivity index (χ4n) is 3.24. The zero-order valence-corrected chi connectivity index (χ0v) is 12.8. The molecule has 1 N–H and O–H groups in total. The lowest BCUT2D eigenvalue weighted by molar-refractivity contribution is 0.0703. The average molecular weight is 313 g/mol. The number of likely N-dealkylation sites (tertiary alicyclic amines) is 1. The van der Waals surface area contributed by atoms with Gasteiger partial charge >= 0.3 is 0 Å². The van der Waals surface area contributed by atoms with Crippen molar-refractivity contribution < 1.29 is 14.3 Å². The van der Waals surface area contributed by atoms with E-state index in [0.717, 1.165) is 25.2 Å². The number of amides is 1. The molecule has 23 heavy (non-hydrogen) atoms. The third-order valence-electron chi connectivity index (χ3n) is 4.40. The second-order valence-electron chi connectivity index (χ2n) is 5.92. The van der Waals surface area contributed by atoms with E-state index >= 15 is 0 Å². The minimum absolute atomic E-state index is 0.0400. The molecule has 1 aromatic carbocycles. The number of aromatic amines is 1. The maximum Gasteiger partial charge on any atom is 0.254 e. The summed E-state index contributed by atoms with van der Waals surface area (Å²) in [5.74, 6) is 2.64. The van der Waals surface area contributed by atoms with Gasteiger partial charge in [-0.2, -0.15) is 0 Å². The molecule has 1 saturated heterocycles. The van der Waals surface area contributed by atoms with Gasteiger partial charge in [0.2, 0.25) is 0 Å². The van der Waals surface area contributed by atoms with E-state index in [9.17, 15) is 4.79 Å². The zero-order valence-electron chi connectivity index (χ0n) is 12.8. The normalized spacial score (nSPS) is 20.3. The maximum absolute atomic E-state index is 12.8. The summed E-state index contributed by atoms with van der Waals surface area (Å²) in [4.78, 5) is 22.2. The Kier molecular flexibility index (Phi) is 3.65. The molecule has 0 spiro atoms. The van der Waals surface area contributed by atoms with Gasteiger partial charge in [0, 0.05) is 37.0 Å². The number of fused-ring (bicyclic) bond motifs is 1. The zero-order chi connectivity index (χ0) is 15.6. The van der Waals surface area contributed by atoms with Crippen molar-refractivity contribution >= 4 is 5.91 Å². The number of nitrogens with zero attached hydrogens (tertiary/aromatic N) is 2. The van der Waals surface area contributed by atoms with Crippen LogP contribution in [0.25, 0.3) is 0 Å². The summed E-state index contributed by atoms with van der Waals surface area (Å²) in [5.41, 5.74) is 0.648. The van der Waals surface area contributed by atoms with Gasteiger partial charge in [-0.05, 0) is 31.0 Å². The highest BCUT2D eigenvalue weighted by Crippen LogP contribution is 2.32. The Balaban J connectivity index is 1.52. The number of carbonyl (C=O) groups is 1. The highest BCUT2D eigenvalue weighted by Gasteiger charge is 2.27. The molecule has 2 aromatic rings. The van der Waals surface area contributed by atoms with Crippen molar-refractivity contribution in [3.63, 3.8) is 0 Å². The van der Waals surface area contributed by atoms with Gasteiger partial charge in [0.15, 0.2) is 11.5 Å². The summed E-state index contributed by atoms with van der Waals surface area (Å²) in [6.07, 6.45) is 5.63. The Bertz CT molecular complexity index is 699. The first-order chi connectivity index (χ1) is 11.3. The van der Waals surface area contributed by atoms with Crippen LogP contribution < -0.4 is 9.47 Å². The van der Waals surface area contributed by atoms with Crippen LogP contribution in [0.1, 0.15) is 34.9 Å². The van der Waals surface area contributed by atoms with Crippen molar-refractivity contribution in [2.75, 3.05) is 26.3 Å². The molecule has 4 rings (SSSR count). The second-order valence-corrected chi connectivity index (χ2v) is 5.92. The Labute approximate surface area is 134 Å². The molecular weight excluding hydrogens is 294 g/mol. The first kappa shape index (κ1) is 14.1. The highest BCUT2D eigenvalue weighted by atomic mass is 16.6. The molecule has 0 unspecified atom stereocenters. The van der Waals surface area contributed by atoms with E-state index in [1.165, 1.54) is 0 Å². The van der Waals surface area contributed by atoms with E-state index < -0.39 is 0 Å². The van der Waals surface area contributed by atoms with Gasteiger partial charge in [0.05, 0.1) is 0 Å². The molecule has 1 amide bonds. The van der Waals surface area contributed by atoms with Crippen molar-refractivity contribution in [1.82, 2.24) is 14.9 Å². The lowest BCUT2D eigenvalue weighted by Gasteiger charge is -2.32. The molecule has 120 valence electrons. The van der Waals surface area contributed by atoms with Crippen LogP contribution in [0.2, 0.25) is 0 Å². The second kappa shape index (κ2) is 5.95. The van der Waals surface area contributed by atoms with Gasteiger partial charge < -0.3 is 19.4 Å². The third-order valence-corrected chi connectivity index (χ3v) is 4.40. The molecule has 1 aromatic heterocycles. The van der Waals surface area contributed by atoms with Crippen LogP contribution >= 0.6 is 0 Å². The van der Waals surface area contributed by atoms with Gasteiger partial charge in [0.1, 0.15) is 19.0 Å². The summed E-state index contributed by atoms with van der Waals surface area (Å²) in [7, 11) is 0. The van der Waals surface area contributed by atoms with Crippen LogP contribution in [-0.4, -0.2) is 47.1 Å². The van der Waals surface area contributed by atoms with Crippen molar-refractivity contribution in [2.45, 2.75) is 18.8 Å². The molecule has 1 fully saturated rings. The molecule has 0 radical (unpaired) electrons. The van der Waals surface area contributed by atoms with Crippen molar-refractivity contribution in [3.05, 3.63) is 42.0 Å². The molecule has 6 nitrogen and oxygen atoms in total. The maximum atomic E-state index is 12.8. The standard InChI is InChI=1S/C17H19N3O3/c21-17(12-3-4-14-15(10-12)23-9-8-22-14)20-7-1-2-13(11-20)16-18-5-6-19-16/h3-6,10,13H,1-2,7-9,11H2,(H,18,19)/t13-/m1/s1. The van der Waals surface area contributed by atoms with Crippen LogP contribution in [0, 0.1) is 0 Å². The minimum atomic E-state index is 0.0400. The van der Waals surface area contributed by atoms with E-state index in [2.05, 4.69) is 9.97 Å².